The van der Waals surface area contributed by atoms with Crippen LogP contribution in [0.2, 0.25) is 0 Å². The Bertz CT molecular complexity index is 1080. The highest BCUT2D eigenvalue weighted by Gasteiger charge is 2.12. The molecule has 5 nitrogen and oxygen atoms in total. The Morgan fingerprint density at radius 1 is 1.07 bits per heavy atom. The van der Waals surface area contributed by atoms with Crippen molar-refractivity contribution in [3.8, 4) is 22.8 Å². The molecule has 0 aliphatic heterocycles. The van der Waals surface area contributed by atoms with Gasteiger partial charge in [0.15, 0.2) is 0 Å². The van der Waals surface area contributed by atoms with Crippen LogP contribution in [-0.2, 0) is 0 Å². The van der Waals surface area contributed by atoms with Crippen LogP contribution in [0.1, 0.15) is 26.3 Å². The van der Waals surface area contributed by atoms with Gasteiger partial charge in [0, 0.05) is 22.5 Å². The summed E-state index contributed by atoms with van der Waals surface area (Å²) in [5, 5.41) is 6.83. The van der Waals surface area contributed by atoms with Gasteiger partial charge in [-0.05, 0) is 63.2 Å². The smallest absolute Gasteiger partial charge is 0.206 e. The van der Waals surface area contributed by atoms with Crippen LogP contribution in [0.5, 0.6) is 11.5 Å². The van der Waals surface area contributed by atoms with E-state index in [1.165, 1.54) is 23.5 Å². The third kappa shape index (κ3) is 4.74. The first-order valence-electron chi connectivity index (χ1n) is 9.21. The lowest BCUT2D eigenvalue weighted by Gasteiger charge is -2.11. The number of aromatic nitrogens is 1. The summed E-state index contributed by atoms with van der Waals surface area (Å²) >= 11 is 1.50. The van der Waals surface area contributed by atoms with Crippen LogP contribution in [0.3, 0.4) is 0 Å². The Hall–Kier alpha value is -2.93. The molecule has 7 heteroatoms. The maximum absolute atomic E-state index is 13.4. The quantitative estimate of drug-likeness (QED) is 0.537. The maximum Gasteiger partial charge on any atom is 0.206 e. The van der Waals surface area contributed by atoms with Gasteiger partial charge in [0.1, 0.15) is 17.3 Å². The lowest BCUT2D eigenvalue weighted by Crippen LogP contribution is -2.16. The summed E-state index contributed by atoms with van der Waals surface area (Å²) in [5.74, 6) is 1.15. The Labute approximate surface area is 173 Å². The monoisotopic (exact) mass is 413 g/mol. The van der Waals surface area contributed by atoms with Crippen molar-refractivity contribution in [1.29, 1.82) is 0 Å². The summed E-state index contributed by atoms with van der Waals surface area (Å²) in [6.07, 6.45) is 0. The minimum absolute atomic E-state index is 0.114. The number of halogens is 1. The predicted octanol–water partition coefficient (Wildman–Crippen LogP) is 4.95. The van der Waals surface area contributed by atoms with Crippen LogP contribution in [-0.4, -0.2) is 30.6 Å². The number of methoxy groups -OCH3 is 2. The van der Waals surface area contributed by atoms with Crippen molar-refractivity contribution >= 4 is 17.0 Å². The van der Waals surface area contributed by atoms with E-state index < -0.39 is 0 Å². The number of hydrogen-bond donors (Lipinski definition) is 0. The van der Waals surface area contributed by atoms with Crippen molar-refractivity contribution < 1.29 is 13.9 Å². The van der Waals surface area contributed by atoms with E-state index in [1.54, 1.807) is 31.0 Å². The van der Waals surface area contributed by atoms with Crippen LogP contribution >= 0.6 is 11.3 Å². The van der Waals surface area contributed by atoms with E-state index in [2.05, 4.69) is 0 Å². The van der Waals surface area contributed by atoms with Crippen molar-refractivity contribution in [2.24, 2.45) is 10.1 Å². The van der Waals surface area contributed by atoms with E-state index in [4.69, 9.17) is 19.6 Å². The van der Waals surface area contributed by atoms with E-state index in [1.807, 2.05) is 44.4 Å². The van der Waals surface area contributed by atoms with Crippen LogP contribution in [0.4, 0.5) is 4.39 Å². The van der Waals surface area contributed by atoms with Gasteiger partial charge < -0.3 is 9.47 Å². The topological polar surface area (TPSA) is 48.1 Å². The first-order valence-corrected chi connectivity index (χ1v) is 10.1. The third-order valence-electron chi connectivity index (χ3n) is 4.24. The zero-order chi connectivity index (χ0) is 21.0. The molecule has 0 saturated heterocycles. The number of nitrogens with zero attached hydrogens (tertiary/aromatic N) is 3. The predicted molar refractivity (Wildman–Crippen MR) is 116 cm³/mol. The maximum atomic E-state index is 13.4. The van der Waals surface area contributed by atoms with Crippen molar-refractivity contribution in [2.45, 2.75) is 26.8 Å². The van der Waals surface area contributed by atoms with Crippen LogP contribution in [0.15, 0.2) is 57.9 Å². The van der Waals surface area contributed by atoms with Gasteiger partial charge in [-0.15, -0.1) is 11.3 Å². The minimum Gasteiger partial charge on any atom is -0.497 e. The molecule has 0 amide bonds. The fourth-order valence-electron chi connectivity index (χ4n) is 2.83. The molecule has 0 aliphatic rings. The summed E-state index contributed by atoms with van der Waals surface area (Å²) in [6, 6.07) is 12.1. The van der Waals surface area contributed by atoms with E-state index in [0.717, 1.165) is 33.1 Å². The molecule has 0 bridgehead atoms. The van der Waals surface area contributed by atoms with Gasteiger partial charge in [-0.2, -0.15) is 5.10 Å². The molecule has 152 valence electrons. The summed E-state index contributed by atoms with van der Waals surface area (Å²) in [7, 11) is 3.25. The summed E-state index contributed by atoms with van der Waals surface area (Å²) in [6.45, 7) is 5.95. The van der Waals surface area contributed by atoms with Crippen molar-refractivity contribution in [2.75, 3.05) is 14.2 Å². The van der Waals surface area contributed by atoms with Gasteiger partial charge in [-0.3, -0.25) is 4.99 Å². The number of rotatable bonds is 6. The number of thiazole rings is 1. The normalized spacial score (nSPS) is 12.5. The average molecular weight is 414 g/mol. The van der Waals surface area contributed by atoms with E-state index in [-0.39, 0.29) is 11.9 Å². The molecule has 1 aromatic heterocycles. The molecule has 0 atom stereocenters. The fraction of sp³-hybridized carbons (Fsp3) is 0.273. The molecule has 3 aromatic rings. The second kappa shape index (κ2) is 9.05. The molecule has 29 heavy (non-hydrogen) atoms. The largest absolute Gasteiger partial charge is 0.497 e. The third-order valence-corrected chi connectivity index (χ3v) is 5.07. The van der Waals surface area contributed by atoms with Crippen molar-refractivity contribution in [3.63, 3.8) is 0 Å². The summed E-state index contributed by atoms with van der Waals surface area (Å²) < 4.78 is 26.0. The highest BCUT2D eigenvalue weighted by molar-refractivity contribution is 7.07. The van der Waals surface area contributed by atoms with E-state index >= 15 is 0 Å². The molecule has 0 N–H and O–H groups in total. The molecule has 0 aliphatic carbocycles. The van der Waals surface area contributed by atoms with Gasteiger partial charge in [-0.25, -0.2) is 9.07 Å². The second-order valence-corrected chi connectivity index (χ2v) is 7.53. The lowest BCUT2D eigenvalue weighted by molar-refractivity contribution is 0.402. The van der Waals surface area contributed by atoms with Gasteiger partial charge in [0.2, 0.25) is 4.80 Å². The molecule has 3 rings (SSSR count). The Kier molecular flexibility index (Phi) is 6.49. The SMILES string of the molecule is COc1ccc(OC)c(C(C)=Nn2c(-c3ccc(F)cc3)csc2=NC(C)C)c1. The Morgan fingerprint density at radius 3 is 2.41 bits per heavy atom. The van der Waals surface area contributed by atoms with Gasteiger partial charge >= 0.3 is 0 Å². The highest BCUT2D eigenvalue weighted by atomic mass is 32.1. The first-order chi connectivity index (χ1) is 13.9. The molecule has 0 fully saturated rings. The molecule has 0 saturated carbocycles. The summed E-state index contributed by atoms with van der Waals surface area (Å²) in [4.78, 5) is 5.45. The molecule has 0 unspecified atom stereocenters. The fourth-order valence-corrected chi connectivity index (χ4v) is 3.79. The minimum atomic E-state index is -0.275. The van der Waals surface area contributed by atoms with Crippen LogP contribution < -0.4 is 14.3 Å². The molecular formula is C22H24FN3O2S. The first kappa shape index (κ1) is 20.8. The van der Waals surface area contributed by atoms with Gasteiger partial charge in [-0.1, -0.05) is 0 Å². The van der Waals surface area contributed by atoms with Crippen LogP contribution in [0.25, 0.3) is 11.3 Å². The molecule has 0 radical (unpaired) electrons. The Morgan fingerprint density at radius 2 is 1.79 bits per heavy atom. The average Bonchev–Trinajstić information content (AvgIpc) is 3.09. The molecule has 1 heterocycles. The van der Waals surface area contributed by atoms with Crippen LogP contribution in [0, 0.1) is 5.82 Å². The number of ether oxygens (including phenoxy) is 2. The zero-order valence-electron chi connectivity index (χ0n) is 17.1. The second-order valence-electron chi connectivity index (χ2n) is 6.70. The van der Waals surface area contributed by atoms with Gasteiger partial charge in [0.25, 0.3) is 0 Å². The molecular weight excluding hydrogens is 389 g/mol. The number of hydrogen-bond acceptors (Lipinski definition) is 5. The summed E-state index contributed by atoms with van der Waals surface area (Å²) in [5.41, 5.74) is 3.27. The van der Waals surface area contributed by atoms with Gasteiger partial charge in [0.05, 0.1) is 25.6 Å². The standard InChI is InChI=1S/C22H24FN3O2S/c1-14(2)24-22-26(20(13-29-22)16-6-8-17(23)9-7-16)25-15(3)19-12-18(27-4)10-11-21(19)28-5/h6-14H,1-5H3. The van der Waals surface area contributed by atoms with E-state index in [9.17, 15) is 4.39 Å². The zero-order valence-corrected chi connectivity index (χ0v) is 18.0. The Balaban J connectivity index is 2.19. The molecule has 0 spiro atoms. The van der Waals surface area contributed by atoms with E-state index in [0.29, 0.717) is 5.75 Å². The highest BCUT2D eigenvalue weighted by Crippen LogP contribution is 2.26. The number of benzene rings is 2. The lowest BCUT2D eigenvalue weighted by atomic mass is 10.1. The molecule has 2 aromatic carbocycles. The van der Waals surface area contributed by atoms with Crippen molar-refractivity contribution in [3.05, 3.63) is 64.0 Å². The van der Waals surface area contributed by atoms with Crippen molar-refractivity contribution in [1.82, 2.24) is 4.68 Å².